The lowest BCUT2D eigenvalue weighted by Crippen LogP contribution is -2.47. The molecule has 5 rings (SSSR count). The number of amides is 1. The van der Waals surface area contributed by atoms with Crippen LogP contribution in [0.25, 0.3) is 0 Å². The molecule has 1 aromatic heterocycles. The summed E-state index contributed by atoms with van der Waals surface area (Å²) in [4.78, 5) is 20.4. The predicted octanol–water partition coefficient (Wildman–Crippen LogP) is 4.37. The van der Waals surface area contributed by atoms with E-state index in [2.05, 4.69) is 38.7 Å². The topological polar surface area (TPSA) is 65.7 Å². The summed E-state index contributed by atoms with van der Waals surface area (Å²) >= 11 is 0. The minimum atomic E-state index is 0.0694. The molecule has 3 aliphatic heterocycles. The lowest BCUT2D eigenvalue weighted by atomic mass is 9.76. The molecule has 7 heteroatoms. The molecule has 1 atom stereocenters. The molecule has 3 saturated heterocycles. The maximum atomic E-state index is 13.2. The van der Waals surface area contributed by atoms with Gasteiger partial charge in [-0.3, -0.25) is 9.69 Å². The first-order chi connectivity index (χ1) is 16.0. The number of nitrogens with zero attached hydrogens (tertiary/aromatic N) is 5. The number of carbonyl (C=O) groups is 1. The third-order valence-corrected chi connectivity index (χ3v) is 8.84. The summed E-state index contributed by atoms with van der Waals surface area (Å²) in [5, 5.41) is 8.79. The van der Waals surface area contributed by atoms with Gasteiger partial charge in [-0.25, -0.2) is 0 Å². The molecule has 1 unspecified atom stereocenters. The molecule has 33 heavy (non-hydrogen) atoms. The van der Waals surface area contributed by atoms with E-state index in [-0.39, 0.29) is 23.3 Å². The summed E-state index contributed by atoms with van der Waals surface area (Å²) in [7, 11) is 0. The van der Waals surface area contributed by atoms with E-state index in [4.69, 9.17) is 4.42 Å². The Hall–Kier alpha value is -1.47. The first kappa shape index (κ1) is 23.3. The Labute approximate surface area is 199 Å². The fraction of sp³-hybridized carbons (Fsp3) is 0.885. The van der Waals surface area contributed by atoms with Gasteiger partial charge >= 0.3 is 0 Å². The predicted molar refractivity (Wildman–Crippen MR) is 128 cm³/mol. The van der Waals surface area contributed by atoms with Gasteiger partial charge in [0.2, 0.25) is 17.7 Å². The summed E-state index contributed by atoms with van der Waals surface area (Å²) in [5.74, 6) is 1.93. The smallest absolute Gasteiger partial charge is 0.236 e. The number of carbonyl (C=O) groups excluding carboxylic acids is 1. The Kier molecular flexibility index (Phi) is 7.07. The van der Waals surface area contributed by atoms with Crippen LogP contribution in [0.4, 0.5) is 0 Å². The Balaban J connectivity index is 1.29. The van der Waals surface area contributed by atoms with Crippen LogP contribution in [0.1, 0.15) is 108 Å². The molecule has 7 nitrogen and oxygen atoms in total. The van der Waals surface area contributed by atoms with Crippen molar-refractivity contribution in [3.8, 4) is 0 Å². The average molecular weight is 458 g/mol. The molecule has 0 aromatic carbocycles. The van der Waals surface area contributed by atoms with Crippen molar-refractivity contribution in [1.29, 1.82) is 0 Å². The highest BCUT2D eigenvalue weighted by Crippen LogP contribution is 2.49. The molecule has 1 amide bonds. The van der Waals surface area contributed by atoms with Crippen molar-refractivity contribution in [3.05, 3.63) is 11.8 Å². The van der Waals surface area contributed by atoms with Gasteiger partial charge in [-0.2, -0.15) is 0 Å². The monoisotopic (exact) mass is 457 g/mol. The van der Waals surface area contributed by atoms with Crippen LogP contribution in [0.3, 0.4) is 0 Å². The van der Waals surface area contributed by atoms with Gasteiger partial charge in [-0.15, -0.1) is 10.2 Å². The van der Waals surface area contributed by atoms with E-state index in [1.165, 1.54) is 64.5 Å². The SMILES string of the molecule is CC(C)c1nnc(C2CC3(CCN(C4CCCCC4)CC3)CN2CC(=O)N2CCCCC2)o1. The highest BCUT2D eigenvalue weighted by Gasteiger charge is 2.49. The highest BCUT2D eigenvalue weighted by molar-refractivity contribution is 5.78. The van der Waals surface area contributed by atoms with Crippen LogP contribution >= 0.6 is 0 Å². The molecule has 1 aromatic rings. The van der Waals surface area contributed by atoms with Gasteiger partial charge < -0.3 is 14.2 Å². The third kappa shape index (κ3) is 5.14. The second-order valence-corrected chi connectivity index (χ2v) is 11.5. The molecule has 0 bridgehead atoms. The van der Waals surface area contributed by atoms with Gasteiger partial charge in [0.25, 0.3) is 0 Å². The van der Waals surface area contributed by atoms with Crippen molar-refractivity contribution in [3.63, 3.8) is 0 Å². The number of aromatic nitrogens is 2. The summed E-state index contributed by atoms with van der Waals surface area (Å²) in [5.41, 5.74) is 0.268. The van der Waals surface area contributed by atoms with Gasteiger partial charge in [0, 0.05) is 31.6 Å². The van der Waals surface area contributed by atoms with Gasteiger partial charge in [-0.1, -0.05) is 33.1 Å². The molecule has 0 N–H and O–H groups in total. The molecule has 1 aliphatic carbocycles. The maximum Gasteiger partial charge on any atom is 0.236 e. The van der Waals surface area contributed by atoms with Crippen LogP contribution in [0.2, 0.25) is 0 Å². The van der Waals surface area contributed by atoms with Crippen molar-refractivity contribution in [2.75, 3.05) is 39.3 Å². The van der Waals surface area contributed by atoms with Crippen LogP contribution in [0.15, 0.2) is 4.42 Å². The minimum Gasteiger partial charge on any atom is -0.423 e. The Morgan fingerprint density at radius 1 is 1.00 bits per heavy atom. The van der Waals surface area contributed by atoms with Crippen LogP contribution in [-0.4, -0.2) is 76.1 Å². The Morgan fingerprint density at radius 3 is 2.36 bits per heavy atom. The summed E-state index contributed by atoms with van der Waals surface area (Å²) < 4.78 is 6.14. The van der Waals surface area contributed by atoms with E-state index in [9.17, 15) is 4.79 Å². The quantitative estimate of drug-likeness (QED) is 0.654. The standard InChI is InChI=1S/C26H43N5O2/c1-20(2)24-27-28-25(33-24)22-17-26(11-15-29(16-12-26)21-9-5-3-6-10-21)19-31(22)18-23(32)30-13-7-4-8-14-30/h20-22H,3-19H2,1-2H3. The zero-order chi connectivity index (χ0) is 22.8. The largest absolute Gasteiger partial charge is 0.423 e. The van der Waals surface area contributed by atoms with Crippen molar-refractivity contribution >= 4 is 5.91 Å². The fourth-order valence-electron chi connectivity index (χ4n) is 6.76. The average Bonchev–Trinajstić information content (AvgIpc) is 3.46. The molecular formula is C26H43N5O2. The van der Waals surface area contributed by atoms with Crippen molar-refractivity contribution < 1.29 is 9.21 Å². The van der Waals surface area contributed by atoms with Gasteiger partial charge in [-0.05, 0) is 69.9 Å². The lowest BCUT2D eigenvalue weighted by Gasteiger charge is -2.43. The van der Waals surface area contributed by atoms with E-state index in [0.717, 1.165) is 50.8 Å². The van der Waals surface area contributed by atoms with Gasteiger partial charge in [0.1, 0.15) is 0 Å². The second-order valence-electron chi connectivity index (χ2n) is 11.5. The van der Waals surface area contributed by atoms with Crippen molar-refractivity contribution in [2.24, 2.45) is 5.41 Å². The highest BCUT2D eigenvalue weighted by atomic mass is 16.4. The maximum absolute atomic E-state index is 13.2. The number of rotatable bonds is 5. The molecule has 4 heterocycles. The number of hydrogen-bond donors (Lipinski definition) is 0. The van der Waals surface area contributed by atoms with E-state index in [1.807, 2.05) is 0 Å². The fourth-order valence-corrected chi connectivity index (χ4v) is 6.76. The summed E-state index contributed by atoms with van der Waals surface area (Å²) in [6.45, 7) is 9.87. The van der Waals surface area contributed by atoms with Crippen LogP contribution in [-0.2, 0) is 4.79 Å². The summed E-state index contributed by atoms with van der Waals surface area (Å²) in [6, 6.07) is 0.870. The van der Waals surface area contributed by atoms with Crippen LogP contribution < -0.4 is 0 Å². The number of hydrogen-bond acceptors (Lipinski definition) is 6. The van der Waals surface area contributed by atoms with E-state index < -0.39 is 0 Å². The minimum absolute atomic E-state index is 0.0694. The number of piperidine rings is 2. The molecule has 4 fully saturated rings. The van der Waals surface area contributed by atoms with Crippen LogP contribution in [0, 0.1) is 5.41 Å². The van der Waals surface area contributed by atoms with Crippen molar-refractivity contribution in [1.82, 2.24) is 24.9 Å². The Morgan fingerprint density at radius 2 is 1.70 bits per heavy atom. The second kappa shape index (κ2) is 10.0. The normalized spacial score (nSPS) is 27.6. The van der Waals surface area contributed by atoms with E-state index in [1.54, 1.807) is 0 Å². The Bertz CT molecular complexity index is 788. The molecule has 1 saturated carbocycles. The van der Waals surface area contributed by atoms with Gasteiger partial charge in [0.05, 0.1) is 12.6 Å². The van der Waals surface area contributed by atoms with Crippen LogP contribution in [0.5, 0.6) is 0 Å². The first-order valence-electron chi connectivity index (χ1n) is 13.6. The zero-order valence-corrected chi connectivity index (χ0v) is 20.8. The first-order valence-corrected chi connectivity index (χ1v) is 13.6. The third-order valence-electron chi connectivity index (χ3n) is 8.84. The summed E-state index contributed by atoms with van der Waals surface area (Å²) in [6.07, 6.45) is 14.0. The molecule has 184 valence electrons. The van der Waals surface area contributed by atoms with E-state index in [0.29, 0.717) is 12.4 Å². The van der Waals surface area contributed by atoms with E-state index >= 15 is 0 Å². The molecule has 4 aliphatic rings. The number of likely N-dealkylation sites (tertiary alicyclic amines) is 3. The van der Waals surface area contributed by atoms with Gasteiger partial charge in [0.15, 0.2) is 0 Å². The molecular weight excluding hydrogens is 414 g/mol. The molecule has 1 spiro atoms. The zero-order valence-electron chi connectivity index (χ0n) is 20.8. The molecule has 0 radical (unpaired) electrons. The lowest BCUT2D eigenvalue weighted by molar-refractivity contribution is -0.133. The van der Waals surface area contributed by atoms with Crippen molar-refractivity contribution in [2.45, 2.75) is 102 Å².